The maximum Gasteiger partial charge on any atom is 0.305 e. The molecule has 8 aromatic rings. The predicted octanol–water partition coefficient (Wildman–Crippen LogP) is 2.94. The minimum atomic E-state index is -2.05. The third kappa shape index (κ3) is 20.7. The van der Waals surface area contributed by atoms with Crippen LogP contribution in [0.5, 0.6) is 5.75 Å². The van der Waals surface area contributed by atoms with Crippen LogP contribution in [-0.2, 0) is 89.9 Å². The van der Waals surface area contributed by atoms with Crippen molar-refractivity contribution in [3.8, 4) is 5.75 Å². The fraction of sp³-hybridized carbons (Fsp3) is 0.361. The minimum absolute atomic E-state index is 0.0246. The third-order valence-corrected chi connectivity index (χ3v) is 20.1. The van der Waals surface area contributed by atoms with E-state index in [0.29, 0.717) is 70.6 Å². The van der Waals surface area contributed by atoms with Crippen LogP contribution in [-0.4, -0.2) is 180 Å². The van der Waals surface area contributed by atoms with Gasteiger partial charge >= 0.3 is 5.97 Å². The molecule has 0 aliphatic carbocycles. The first-order chi connectivity index (χ1) is 50.0. The van der Waals surface area contributed by atoms with Gasteiger partial charge in [-0.05, 0) is 126 Å². The van der Waals surface area contributed by atoms with Crippen LogP contribution in [0.25, 0.3) is 32.6 Å². The molecule has 8 atom stereocenters. The topological polar surface area (TPSA) is 440 Å². The van der Waals surface area contributed by atoms with Crippen LogP contribution in [0, 0.1) is 11.6 Å². The summed E-state index contributed by atoms with van der Waals surface area (Å²) >= 11 is 2.84. The number of rotatable bonds is 15. The molecule has 0 radical (unpaired) electrons. The Morgan fingerprint density at radius 1 is 0.596 bits per heavy atom. The number of aromatic amines is 3. The van der Waals surface area contributed by atoms with Gasteiger partial charge in [0.1, 0.15) is 65.7 Å². The summed E-state index contributed by atoms with van der Waals surface area (Å²) in [6.45, 7) is -0.408. The minimum Gasteiger partial charge on any atom is -0.508 e. The van der Waals surface area contributed by atoms with Gasteiger partial charge in [0.2, 0.25) is 59.1 Å². The number of unbranched alkanes of at least 4 members (excludes halogenated alkanes) is 1. The largest absolute Gasteiger partial charge is 0.508 e. The molecule has 5 aromatic carbocycles. The number of carboxylic acids is 1. The molecule has 104 heavy (non-hydrogen) atoms. The fourth-order valence-corrected chi connectivity index (χ4v) is 14.5. The van der Waals surface area contributed by atoms with Crippen LogP contribution >= 0.6 is 23.5 Å². The number of thioether (sulfide) groups is 2. The van der Waals surface area contributed by atoms with Crippen LogP contribution in [0.3, 0.4) is 0 Å². The van der Waals surface area contributed by atoms with Crippen LogP contribution in [0.4, 0.5) is 8.78 Å². The first-order valence-electron chi connectivity index (χ1n) is 33.9. The van der Waals surface area contributed by atoms with Gasteiger partial charge in [-0.2, -0.15) is 23.5 Å². The molecule has 5 heterocycles. The Kier molecular flexibility index (Phi) is 26.1. The Hall–Kier alpha value is -10.9. The molecule has 32 heteroatoms. The number of aliphatic carboxylic acids is 1. The highest BCUT2D eigenvalue weighted by Gasteiger charge is 2.41. The summed E-state index contributed by atoms with van der Waals surface area (Å²) in [5.74, 6) is -10.6. The summed E-state index contributed by atoms with van der Waals surface area (Å²) < 4.78 is 29.9. The van der Waals surface area contributed by atoms with Crippen molar-refractivity contribution < 1.29 is 71.7 Å². The maximum atomic E-state index is 15.1. The quantitative estimate of drug-likeness (QED) is 0.0656. The molecule has 2 aliphatic heterocycles. The summed E-state index contributed by atoms with van der Waals surface area (Å²) in [5, 5.41) is 44.0. The van der Waals surface area contributed by atoms with Crippen molar-refractivity contribution >= 4 is 121 Å². The highest BCUT2D eigenvalue weighted by Crippen LogP contribution is 2.27. The lowest BCUT2D eigenvalue weighted by atomic mass is 10.0. The van der Waals surface area contributed by atoms with Crippen LogP contribution < -0.4 is 54.0 Å². The maximum absolute atomic E-state index is 15.1. The zero-order valence-corrected chi connectivity index (χ0v) is 58.0. The Morgan fingerprint density at radius 3 is 1.79 bits per heavy atom. The van der Waals surface area contributed by atoms with Gasteiger partial charge in [-0.15, -0.1) is 0 Å². The van der Waals surface area contributed by atoms with E-state index in [2.05, 4.69) is 62.5 Å². The smallest absolute Gasteiger partial charge is 0.305 e. The monoisotopic (exact) mass is 1470 g/mol. The van der Waals surface area contributed by atoms with Crippen LogP contribution in [0.2, 0.25) is 0 Å². The molecule has 3 aromatic heterocycles. The second kappa shape index (κ2) is 35.8. The van der Waals surface area contributed by atoms with E-state index < -0.39 is 151 Å². The number of carboxylic acid groups (broad SMARTS) is 1. The molecule has 0 unspecified atom stereocenters. The van der Waals surface area contributed by atoms with Crippen molar-refractivity contribution in [2.24, 2.45) is 11.5 Å². The lowest BCUT2D eigenvalue weighted by Gasteiger charge is -2.31. The Labute approximate surface area is 603 Å². The first-order valence-corrected chi connectivity index (χ1v) is 36.2. The number of phenols is 1. The van der Waals surface area contributed by atoms with E-state index in [1.165, 1.54) is 108 Å². The molecular weight excluding hydrogens is 1390 g/mol. The number of halogens is 2. The molecule has 17 N–H and O–H groups in total. The van der Waals surface area contributed by atoms with Crippen molar-refractivity contribution in [1.82, 2.24) is 67.4 Å². The highest BCUT2D eigenvalue weighted by molar-refractivity contribution is 7.98. The fourth-order valence-electron chi connectivity index (χ4n) is 12.6. The van der Waals surface area contributed by atoms with Crippen molar-refractivity contribution in [1.29, 1.82) is 0 Å². The van der Waals surface area contributed by atoms with Crippen LogP contribution in [0.15, 0.2) is 122 Å². The Balaban J connectivity index is 0.976. The van der Waals surface area contributed by atoms with E-state index in [1.807, 2.05) is 36.4 Å². The number of H-pyrrole nitrogens is 3. The number of aromatic hydroxyl groups is 1. The van der Waals surface area contributed by atoms with E-state index >= 15 is 14.4 Å². The molecule has 28 nitrogen and oxygen atoms in total. The van der Waals surface area contributed by atoms with Crippen LogP contribution in [0.1, 0.15) is 78.5 Å². The number of primary amides is 1. The number of benzene rings is 5. The summed E-state index contributed by atoms with van der Waals surface area (Å²) in [6.07, 6.45) is 4.57. The van der Waals surface area contributed by atoms with Gasteiger partial charge in [-0.3, -0.25) is 52.7 Å². The molecule has 0 saturated carbocycles. The zero-order chi connectivity index (χ0) is 74.0. The lowest BCUT2D eigenvalue weighted by molar-refractivity contribution is -0.143. The number of aromatic nitrogens is 4. The van der Waals surface area contributed by atoms with Gasteiger partial charge in [-0.25, -0.2) is 13.8 Å². The number of imidazole rings is 1. The molecule has 1 fully saturated rings. The summed E-state index contributed by atoms with van der Waals surface area (Å²) in [6, 6.07) is 13.1. The predicted molar refractivity (Wildman–Crippen MR) is 385 cm³/mol. The van der Waals surface area contributed by atoms with Gasteiger partial charge in [0.25, 0.3) is 0 Å². The number of hydrogen-bond donors (Lipinski definition) is 15. The molecule has 548 valence electrons. The Morgan fingerprint density at radius 2 is 1.18 bits per heavy atom. The van der Waals surface area contributed by atoms with E-state index in [1.54, 1.807) is 0 Å². The molecule has 2 aliphatic rings. The number of carbonyl (C=O) groups is 11. The number of fused-ring (bicyclic) bond motifs is 5. The summed E-state index contributed by atoms with van der Waals surface area (Å²) in [7, 11) is 0. The van der Waals surface area contributed by atoms with Crippen molar-refractivity contribution in [3.05, 3.63) is 167 Å². The second-order valence-electron chi connectivity index (χ2n) is 25.6. The number of hydrogen-bond acceptors (Lipinski definition) is 16. The molecule has 3 bridgehead atoms. The van der Waals surface area contributed by atoms with Crippen molar-refractivity contribution in [3.63, 3.8) is 0 Å². The van der Waals surface area contributed by atoms with Crippen molar-refractivity contribution in [2.45, 2.75) is 130 Å². The van der Waals surface area contributed by atoms with Gasteiger partial charge in [0, 0.05) is 102 Å². The third-order valence-electron chi connectivity index (χ3n) is 18.0. The molecule has 10 rings (SSSR count). The van der Waals surface area contributed by atoms with Crippen molar-refractivity contribution in [2.75, 3.05) is 31.1 Å². The number of nitrogens with one attached hydrogen (secondary N) is 11. The van der Waals surface area contributed by atoms with Gasteiger partial charge in [-0.1, -0.05) is 48.5 Å². The van der Waals surface area contributed by atoms with Gasteiger partial charge in [0.05, 0.1) is 25.0 Å². The van der Waals surface area contributed by atoms with E-state index in [-0.39, 0.29) is 66.8 Å². The lowest BCUT2D eigenvalue weighted by Crippen LogP contribution is -2.61. The molecule has 0 spiro atoms. The summed E-state index contributed by atoms with van der Waals surface area (Å²) in [5.41, 5.74) is 15.6. The number of amides is 10. The van der Waals surface area contributed by atoms with E-state index in [0.717, 1.165) is 28.0 Å². The average molecular weight is 1470 g/mol. The second-order valence-corrected chi connectivity index (χ2v) is 27.8. The first kappa shape index (κ1) is 75.8. The normalized spacial score (nSPS) is 21.7. The van der Waals surface area contributed by atoms with E-state index in [9.17, 15) is 57.4 Å². The number of nitrogens with zero attached hydrogens (tertiary/aromatic N) is 2. The SMILES string of the molecule is NCCCC[C@@H]1NC(=O)CCSCc2ccc3ccc(cc3c2)CSC[C@@H](C(N)=O)NC(=O)[C@@H]2CCCN2C(=O)[C@H](Cc2ccc(O)cc2)NC(=O)[C@H](Cc2c[nH]cn2)NC(=O)[C@H](CC(=O)O)NC(=O)[C@H](Cc2c[nH]c3ccc(F)cc23)NC(=O)[C@H](Cc2c[nH]c3ccc(F)cc23)NC(=O)CNC1=O. The van der Waals surface area contributed by atoms with Gasteiger partial charge < -0.3 is 84.1 Å². The molecule has 10 amide bonds. The number of carbonyl (C=O) groups excluding carboxylic acids is 10. The molecular formula is C72H81F2N15O13S2. The van der Waals surface area contributed by atoms with E-state index in [4.69, 9.17) is 11.5 Å². The average Bonchev–Trinajstić information content (AvgIpc) is 1.62. The number of phenolic OH excluding ortho intramolecular Hbond substituents is 1. The molecule has 1 saturated heterocycles. The Bertz CT molecular complexity index is 4460. The number of nitrogens with two attached hydrogens (primary N) is 2. The summed E-state index contributed by atoms with van der Waals surface area (Å²) in [4.78, 5) is 171. The zero-order valence-electron chi connectivity index (χ0n) is 56.4. The highest BCUT2D eigenvalue weighted by atomic mass is 32.2. The van der Waals surface area contributed by atoms with Gasteiger partial charge in [0.15, 0.2) is 0 Å². The standard InChI is InChI=1S/C72H81F2N15O13S2/c73-46-12-16-52-50(27-46)44(31-78-52)25-55-67(97)84-56(26-45-32-79-53-17-13-47(74)28-51(45)53)68(98)86-58(30-64(93)94)70(100)85-57(29-48-33-77-38-81-48)69(99)87-59(24-39-8-14-49(90)15-9-39)72(102)89-20-3-5-61(89)71(101)88-60(65(76)95)37-104-36-41-7-11-42-10-6-40(22-43(42)23-41)35-103-21-18-62(91)82-54(4-1-2-19-75)66(96)80-34-63(92)83-55/h6-17,22-23,27-28,31-33,38,54-61,78-79,90H,1-5,18-21,24-26,29-30,34-37,75H2,(H2,76,95)(H,77,81)(H,80,96)(H,82,91)(H,83,92)(H,84,97)(H,85,100)(H,86,98)(H,87,99)(H,88,101)(H,93,94)/t54-,55-,56-,57-,58-,59-,60-,61-/m0/s1.